The molecule has 1 saturated heterocycles. The number of aryl methyl sites for hydroxylation is 2. The summed E-state index contributed by atoms with van der Waals surface area (Å²) in [6.07, 6.45) is 3.13. The summed E-state index contributed by atoms with van der Waals surface area (Å²) in [7, 11) is 0. The Morgan fingerprint density at radius 3 is 2.70 bits per heavy atom. The van der Waals surface area contributed by atoms with Crippen LogP contribution in [0, 0.1) is 6.92 Å². The number of anilines is 1. The van der Waals surface area contributed by atoms with E-state index >= 15 is 0 Å². The maximum absolute atomic E-state index is 12.4. The molecule has 0 aromatic heterocycles. The molecule has 4 heteroatoms. The van der Waals surface area contributed by atoms with Gasteiger partial charge in [-0.05, 0) is 37.3 Å². The lowest BCUT2D eigenvalue weighted by molar-refractivity contribution is -0.139. The molecule has 0 radical (unpaired) electrons. The number of carbonyl (C=O) groups is 2. The highest BCUT2D eigenvalue weighted by Crippen LogP contribution is 2.33. The Morgan fingerprint density at radius 1 is 1.30 bits per heavy atom. The molecule has 0 spiro atoms. The third kappa shape index (κ3) is 2.19. The van der Waals surface area contributed by atoms with Crippen LogP contribution in [0.1, 0.15) is 37.3 Å². The average Bonchev–Trinajstić information content (AvgIpc) is 3.20. The zero-order chi connectivity index (χ0) is 14.3. The molecule has 1 aromatic rings. The number of benzene rings is 1. The van der Waals surface area contributed by atoms with E-state index in [2.05, 4.69) is 18.3 Å². The molecule has 2 amide bonds. The third-order valence-corrected chi connectivity index (χ3v) is 4.15. The van der Waals surface area contributed by atoms with Crippen molar-refractivity contribution in [3.8, 4) is 0 Å². The largest absolute Gasteiger partial charge is 0.373 e. The van der Waals surface area contributed by atoms with Gasteiger partial charge in [-0.1, -0.05) is 25.1 Å². The van der Waals surface area contributed by atoms with E-state index < -0.39 is 6.04 Å². The fourth-order valence-corrected chi connectivity index (χ4v) is 2.88. The molecule has 0 bridgehead atoms. The molecule has 1 heterocycles. The molecule has 4 nitrogen and oxygen atoms in total. The van der Waals surface area contributed by atoms with Gasteiger partial charge in [0.2, 0.25) is 5.91 Å². The molecule has 2 fully saturated rings. The molecule has 3 rings (SSSR count). The first kappa shape index (κ1) is 13.2. The molecule has 106 valence electrons. The lowest BCUT2D eigenvalue weighted by atomic mass is 10.0. The number of nitrogens with zero attached hydrogens (tertiary/aromatic N) is 1. The topological polar surface area (TPSA) is 49.4 Å². The number of amides is 2. The van der Waals surface area contributed by atoms with Crippen LogP contribution in [0.5, 0.6) is 0 Å². The van der Waals surface area contributed by atoms with E-state index in [1.54, 1.807) is 0 Å². The third-order valence-electron chi connectivity index (χ3n) is 4.15. The maximum atomic E-state index is 12.4. The first-order chi connectivity index (χ1) is 9.61. The number of nitrogens with one attached hydrogen (secondary N) is 1. The summed E-state index contributed by atoms with van der Waals surface area (Å²) in [5.41, 5.74) is 3.32. The fraction of sp³-hybridized carbons (Fsp3) is 0.500. The molecule has 1 aliphatic carbocycles. The first-order valence-corrected chi connectivity index (χ1v) is 7.32. The molecule has 20 heavy (non-hydrogen) atoms. The van der Waals surface area contributed by atoms with Crippen molar-refractivity contribution < 1.29 is 9.59 Å². The molecular formula is C16H20N2O2. The quantitative estimate of drug-likeness (QED) is 0.855. The van der Waals surface area contributed by atoms with Crippen molar-refractivity contribution in [2.75, 3.05) is 5.32 Å². The predicted molar refractivity (Wildman–Crippen MR) is 77.5 cm³/mol. The van der Waals surface area contributed by atoms with Gasteiger partial charge in [0.25, 0.3) is 5.91 Å². The van der Waals surface area contributed by atoms with Gasteiger partial charge in [0, 0.05) is 11.7 Å². The van der Waals surface area contributed by atoms with E-state index in [0.29, 0.717) is 0 Å². The van der Waals surface area contributed by atoms with Crippen molar-refractivity contribution in [3.63, 3.8) is 0 Å². The summed E-state index contributed by atoms with van der Waals surface area (Å²) in [5, 5.41) is 3.31. The van der Waals surface area contributed by atoms with Crippen LogP contribution < -0.4 is 5.32 Å². The van der Waals surface area contributed by atoms with E-state index in [4.69, 9.17) is 0 Å². The molecule has 1 aliphatic heterocycles. The van der Waals surface area contributed by atoms with E-state index in [1.807, 2.05) is 19.1 Å². The standard InChI is InChI=1S/C16H20N2O2/c1-3-11-6-4-5-10(2)15(11)17-13-9-14(19)18(16(13)20)12-7-8-12/h4-6,12-13,17H,3,7-9H2,1-2H3. The summed E-state index contributed by atoms with van der Waals surface area (Å²) in [6, 6.07) is 5.90. The van der Waals surface area contributed by atoms with Crippen molar-refractivity contribution in [2.24, 2.45) is 0 Å². The van der Waals surface area contributed by atoms with Crippen LogP contribution in [-0.2, 0) is 16.0 Å². The number of rotatable bonds is 4. The zero-order valence-corrected chi connectivity index (χ0v) is 12.0. The normalized spacial score (nSPS) is 22.5. The van der Waals surface area contributed by atoms with Gasteiger partial charge in [-0.2, -0.15) is 0 Å². The second kappa shape index (κ2) is 4.93. The van der Waals surface area contributed by atoms with Crippen molar-refractivity contribution >= 4 is 17.5 Å². The average molecular weight is 272 g/mol. The number of imide groups is 1. The Balaban J connectivity index is 1.82. The van der Waals surface area contributed by atoms with E-state index in [1.165, 1.54) is 10.5 Å². The predicted octanol–water partition coefficient (Wildman–Crippen LogP) is 2.26. The van der Waals surface area contributed by atoms with Gasteiger partial charge in [-0.15, -0.1) is 0 Å². The van der Waals surface area contributed by atoms with Gasteiger partial charge in [0.1, 0.15) is 6.04 Å². The highest BCUT2D eigenvalue weighted by molar-refractivity contribution is 6.07. The van der Waals surface area contributed by atoms with E-state index in [9.17, 15) is 9.59 Å². The summed E-state index contributed by atoms with van der Waals surface area (Å²) < 4.78 is 0. The SMILES string of the molecule is CCc1cccc(C)c1NC1CC(=O)N(C2CC2)C1=O. The number of para-hydroxylation sites is 1. The summed E-state index contributed by atoms with van der Waals surface area (Å²) in [5.74, 6) is -0.0792. The minimum absolute atomic E-state index is 0.0263. The molecule has 1 atom stereocenters. The molecular weight excluding hydrogens is 252 g/mol. The van der Waals surface area contributed by atoms with Gasteiger partial charge in [-0.3, -0.25) is 14.5 Å². The summed E-state index contributed by atoms with van der Waals surface area (Å²) in [6.45, 7) is 4.12. The highest BCUT2D eigenvalue weighted by Gasteiger charge is 2.46. The minimum Gasteiger partial charge on any atom is -0.373 e. The van der Waals surface area contributed by atoms with Crippen molar-refractivity contribution in [3.05, 3.63) is 29.3 Å². The Kier molecular flexibility index (Phi) is 3.24. The second-order valence-electron chi connectivity index (χ2n) is 5.70. The zero-order valence-electron chi connectivity index (χ0n) is 12.0. The molecule has 1 aromatic carbocycles. The number of carbonyl (C=O) groups excluding carboxylic acids is 2. The van der Waals surface area contributed by atoms with Crippen LogP contribution in [0.4, 0.5) is 5.69 Å². The maximum Gasteiger partial charge on any atom is 0.252 e. The molecule has 1 unspecified atom stereocenters. The Morgan fingerprint density at radius 2 is 2.05 bits per heavy atom. The van der Waals surface area contributed by atoms with Gasteiger partial charge in [0.05, 0.1) is 6.42 Å². The lowest BCUT2D eigenvalue weighted by Crippen LogP contribution is -2.36. The Bertz CT molecular complexity index is 564. The molecule has 2 aliphatic rings. The lowest BCUT2D eigenvalue weighted by Gasteiger charge is -2.18. The van der Waals surface area contributed by atoms with Crippen molar-refractivity contribution in [1.82, 2.24) is 4.90 Å². The summed E-state index contributed by atoms with van der Waals surface area (Å²) in [4.78, 5) is 25.8. The van der Waals surface area contributed by atoms with Crippen LogP contribution in [-0.4, -0.2) is 28.8 Å². The summed E-state index contributed by atoms with van der Waals surface area (Å²) >= 11 is 0. The number of likely N-dealkylation sites (tertiary alicyclic amines) is 1. The number of hydrogen-bond acceptors (Lipinski definition) is 3. The van der Waals surface area contributed by atoms with Crippen LogP contribution in [0.15, 0.2) is 18.2 Å². The van der Waals surface area contributed by atoms with Gasteiger partial charge < -0.3 is 5.32 Å². The molecule has 1 saturated carbocycles. The second-order valence-corrected chi connectivity index (χ2v) is 5.70. The van der Waals surface area contributed by atoms with Crippen LogP contribution in [0.2, 0.25) is 0 Å². The van der Waals surface area contributed by atoms with Crippen LogP contribution in [0.25, 0.3) is 0 Å². The fourth-order valence-electron chi connectivity index (χ4n) is 2.88. The minimum atomic E-state index is -0.394. The smallest absolute Gasteiger partial charge is 0.252 e. The van der Waals surface area contributed by atoms with Crippen LogP contribution in [0.3, 0.4) is 0 Å². The van der Waals surface area contributed by atoms with Crippen molar-refractivity contribution in [1.29, 1.82) is 0 Å². The Hall–Kier alpha value is -1.84. The van der Waals surface area contributed by atoms with Crippen LogP contribution >= 0.6 is 0 Å². The van der Waals surface area contributed by atoms with Crippen molar-refractivity contribution in [2.45, 2.75) is 51.6 Å². The van der Waals surface area contributed by atoms with Gasteiger partial charge >= 0.3 is 0 Å². The highest BCUT2D eigenvalue weighted by atomic mass is 16.2. The van der Waals surface area contributed by atoms with E-state index in [-0.39, 0.29) is 24.3 Å². The molecule has 1 N–H and O–H groups in total. The first-order valence-electron chi connectivity index (χ1n) is 7.32. The van der Waals surface area contributed by atoms with Gasteiger partial charge in [0.15, 0.2) is 0 Å². The monoisotopic (exact) mass is 272 g/mol. The Labute approximate surface area is 119 Å². The van der Waals surface area contributed by atoms with Gasteiger partial charge in [-0.25, -0.2) is 0 Å². The van der Waals surface area contributed by atoms with E-state index in [0.717, 1.165) is 30.5 Å². The number of hydrogen-bond donors (Lipinski definition) is 1.